The number of urea groups is 1. The van der Waals surface area contributed by atoms with Crippen LogP contribution in [0.15, 0.2) is 60.7 Å². The molecular formula is C34H50N4O6. The quantitative estimate of drug-likeness (QED) is 0.268. The molecule has 0 aliphatic carbocycles. The second kappa shape index (κ2) is 16.7. The van der Waals surface area contributed by atoms with Crippen molar-refractivity contribution < 1.29 is 28.7 Å². The van der Waals surface area contributed by atoms with E-state index in [1.807, 2.05) is 74.5 Å². The molecule has 10 nitrogen and oxygen atoms in total. The van der Waals surface area contributed by atoms with Gasteiger partial charge in [0, 0.05) is 26.1 Å². The van der Waals surface area contributed by atoms with Crippen LogP contribution in [0.3, 0.4) is 0 Å². The second-order valence-corrected chi connectivity index (χ2v) is 13.3. The lowest BCUT2D eigenvalue weighted by Gasteiger charge is -2.29. The fraction of sp³-hybridized carbons (Fsp3) is 0.529. The van der Waals surface area contributed by atoms with E-state index in [1.54, 1.807) is 41.5 Å². The van der Waals surface area contributed by atoms with Gasteiger partial charge in [0.25, 0.3) is 0 Å². The molecule has 0 fully saturated rings. The summed E-state index contributed by atoms with van der Waals surface area (Å²) < 4.78 is 10.9. The van der Waals surface area contributed by atoms with Crippen molar-refractivity contribution in [1.29, 1.82) is 0 Å². The van der Waals surface area contributed by atoms with Crippen molar-refractivity contribution in [2.45, 2.75) is 98.1 Å². The number of carbonyl (C=O) groups is 4. The Morgan fingerprint density at radius 1 is 0.750 bits per heavy atom. The van der Waals surface area contributed by atoms with Gasteiger partial charge in [-0.3, -0.25) is 4.79 Å². The van der Waals surface area contributed by atoms with Gasteiger partial charge >= 0.3 is 18.1 Å². The Bertz CT molecular complexity index is 1210. The summed E-state index contributed by atoms with van der Waals surface area (Å²) in [7, 11) is 0. The monoisotopic (exact) mass is 610 g/mol. The molecule has 0 aromatic heterocycles. The van der Waals surface area contributed by atoms with Crippen LogP contribution in [-0.2, 0) is 32.0 Å². The van der Waals surface area contributed by atoms with Crippen LogP contribution in [0.5, 0.6) is 0 Å². The summed E-state index contributed by atoms with van der Waals surface area (Å²) in [4.78, 5) is 54.2. The lowest BCUT2D eigenvalue weighted by Crippen LogP contribution is -2.56. The van der Waals surface area contributed by atoms with Crippen molar-refractivity contribution >= 4 is 24.0 Å². The zero-order chi connectivity index (χ0) is 32.9. The highest BCUT2D eigenvalue weighted by Gasteiger charge is 2.31. The van der Waals surface area contributed by atoms with Crippen LogP contribution in [0.1, 0.15) is 72.9 Å². The Morgan fingerprint density at radius 3 is 1.82 bits per heavy atom. The van der Waals surface area contributed by atoms with E-state index in [1.165, 1.54) is 4.90 Å². The molecule has 10 heteroatoms. The number of esters is 1. The molecule has 2 rings (SSSR count). The molecule has 0 bridgehead atoms. The number of benzene rings is 2. The average Bonchev–Trinajstić information content (AvgIpc) is 2.90. The van der Waals surface area contributed by atoms with Gasteiger partial charge < -0.3 is 30.3 Å². The minimum atomic E-state index is -0.987. The van der Waals surface area contributed by atoms with E-state index in [0.717, 1.165) is 11.1 Å². The number of hydrogen-bond acceptors (Lipinski definition) is 6. The van der Waals surface area contributed by atoms with Crippen LogP contribution in [0.2, 0.25) is 0 Å². The number of carbonyl (C=O) groups excluding carboxylic acids is 4. The maximum absolute atomic E-state index is 13.7. The van der Waals surface area contributed by atoms with E-state index in [4.69, 9.17) is 9.47 Å². The van der Waals surface area contributed by atoms with Crippen LogP contribution in [0.4, 0.5) is 9.59 Å². The summed E-state index contributed by atoms with van der Waals surface area (Å²) in [5, 5.41) is 8.42. The summed E-state index contributed by atoms with van der Waals surface area (Å²) in [5.41, 5.74) is 0.341. The van der Waals surface area contributed by atoms with Crippen molar-refractivity contribution in [3.05, 3.63) is 71.8 Å². The van der Waals surface area contributed by atoms with Crippen molar-refractivity contribution in [2.75, 3.05) is 13.1 Å². The minimum Gasteiger partial charge on any atom is -0.458 e. The van der Waals surface area contributed by atoms with Gasteiger partial charge in [-0.05, 0) is 65.0 Å². The number of ether oxygens (including phenoxy) is 2. The largest absolute Gasteiger partial charge is 0.458 e. The molecule has 0 aliphatic rings. The molecule has 0 heterocycles. The average molecular weight is 611 g/mol. The minimum absolute atomic E-state index is 0.105. The van der Waals surface area contributed by atoms with Crippen molar-refractivity contribution in [1.82, 2.24) is 20.9 Å². The fourth-order valence-corrected chi connectivity index (χ4v) is 4.29. The molecule has 2 aromatic carbocycles. The third kappa shape index (κ3) is 14.4. The van der Waals surface area contributed by atoms with Gasteiger partial charge in [0.1, 0.15) is 23.3 Å². The van der Waals surface area contributed by atoms with Crippen LogP contribution in [-0.4, -0.2) is 65.3 Å². The highest BCUT2D eigenvalue weighted by molar-refractivity contribution is 5.90. The third-order valence-corrected chi connectivity index (χ3v) is 6.17. The first-order chi connectivity index (χ1) is 20.5. The van der Waals surface area contributed by atoms with Gasteiger partial charge in [0.15, 0.2) is 0 Å². The van der Waals surface area contributed by atoms with Crippen molar-refractivity contribution in [3.8, 4) is 0 Å². The number of rotatable bonds is 13. The molecule has 0 aliphatic heterocycles. The molecule has 0 radical (unpaired) electrons. The number of hydrogen-bond donors (Lipinski definition) is 3. The van der Waals surface area contributed by atoms with Crippen molar-refractivity contribution in [2.24, 2.45) is 5.92 Å². The number of amides is 4. The van der Waals surface area contributed by atoms with E-state index >= 15 is 0 Å². The summed E-state index contributed by atoms with van der Waals surface area (Å²) in [6.07, 6.45) is -0.00296. The zero-order valence-electron chi connectivity index (χ0n) is 27.4. The Kier molecular flexibility index (Phi) is 13.7. The van der Waals surface area contributed by atoms with Gasteiger partial charge in [-0.15, -0.1) is 0 Å². The molecule has 2 atom stereocenters. The van der Waals surface area contributed by atoms with E-state index in [0.29, 0.717) is 6.42 Å². The smallest absolute Gasteiger partial charge is 0.407 e. The first kappa shape index (κ1) is 36.1. The third-order valence-electron chi connectivity index (χ3n) is 6.17. The molecule has 0 saturated heterocycles. The summed E-state index contributed by atoms with van der Waals surface area (Å²) in [6.45, 7) is 15.1. The van der Waals surface area contributed by atoms with Crippen LogP contribution in [0, 0.1) is 5.92 Å². The molecule has 242 valence electrons. The van der Waals surface area contributed by atoms with E-state index < -0.39 is 47.3 Å². The molecule has 0 saturated carbocycles. The van der Waals surface area contributed by atoms with E-state index in [2.05, 4.69) is 16.0 Å². The summed E-state index contributed by atoms with van der Waals surface area (Å²) >= 11 is 0. The molecule has 2 aromatic rings. The Hall–Kier alpha value is -4.08. The maximum atomic E-state index is 13.7. The molecule has 0 spiro atoms. The summed E-state index contributed by atoms with van der Waals surface area (Å²) in [6, 6.07) is 16.4. The zero-order valence-corrected chi connectivity index (χ0v) is 27.4. The SMILES string of the molecule is CC(C)CC(NC(=O)[C@@H](Cc1ccccc1)NC(=O)N(CCNC(=O)OC(C)(C)C)Cc1ccccc1)C(=O)OC(C)(C)C. The highest BCUT2D eigenvalue weighted by atomic mass is 16.6. The standard InChI is InChI=1S/C34H50N4O6/c1-24(2)21-28(30(40)43-33(3,4)5)36-29(39)27(22-25-15-11-9-12-16-25)37-31(41)38(23-26-17-13-10-14-18-26)20-19-35-32(42)44-34(6,7)8/h9-18,24,27-28H,19-23H2,1-8H3,(H,35,42)(H,36,39)(H,37,41)/t27-,28?/m1/s1. The van der Waals surface area contributed by atoms with E-state index in [-0.39, 0.29) is 32.0 Å². The Labute approximate surface area is 262 Å². The van der Waals surface area contributed by atoms with Gasteiger partial charge in [-0.2, -0.15) is 0 Å². The molecule has 3 N–H and O–H groups in total. The fourth-order valence-electron chi connectivity index (χ4n) is 4.29. The molecular weight excluding hydrogens is 560 g/mol. The normalized spacial score (nSPS) is 12.9. The first-order valence-corrected chi connectivity index (χ1v) is 15.2. The predicted molar refractivity (Wildman–Crippen MR) is 171 cm³/mol. The van der Waals surface area contributed by atoms with E-state index in [9.17, 15) is 19.2 Å². The molecule has 4 amide bonds. The van der Waals surface area contributed by atoms with Crippen LogP contribution >= 0.6 is 0 Å². The van der Waals surface area contributed by atoms with Gasteiger partial charge in [-0.25, -0.2) is 14.4 Å². The van der Waals surface area contributed by atoms with Gasteiger partial charge in [0.05, 0.1) is 0 Å². The predicted octanol–water partition coefficient (Wildman–Crippen LogP) is 5.21. The summed E-state index contributed by atoms with van der Waals surface area (Å²) in [5.74, 6) is -0.915. The second-order valence-electron chi connectivity index (χ2n) is 13.3. The highest BCUT2D eigenvalue weighted by Crippen LogP contribution is 2.14. The lowest BCUT2D eigenvalue weighted by atomic mass is 10.0. The number of alkyl carbamates (subject to hydrolysis) is 1. The first-order valence-electron chi connectivity index (χ1n) is 15.2. The molecule has 1 unspecified atom stereocenters. The maximum Gasteiger partial charge on any atom is 0.407 e. The Morgan fingerprint density at radius 2 is 1.30 bits per heavy atom. The number of nitrogens with one attached hydrogen (secondary N) is 3. The van der Waals surface area contributed by atoms with Crippen molar-refractivity contribution in [3.63, 3.8) is 0 Å². The number of nitrogens with zero attached hydrogens (tertiary/aromatic N) is 1. The van der Waals surface area contributed by atoms with Gasteiger partial charge in [0.2, 0.25) is 5.91 Å². The Balaban J connectivity index is 2.28. The lowest BCUT2D eigenvalue weighted by molar-refractivity contribution is -0.159. The van der Waals surface area contributed by atoms with Gasteiger partial charge in [-0.1, -0.05) is 74.5 Å². The topological polar surface area (TPSA) is 126 Å². The van der Waals surface area contributed by atoms with Crippen LogP contribution in [0.25, 0.3) is 0 Å². The van der Waals surface area contributed by atoms with Crippen LogP contribution < -0.4 is 16.0 Å². The molecule has 44 heavy (non-hydrogen) atoms.